The van der Waals surface area contributed by atoms with Crippen LogP contribution in [0, 0.1) is 0 Å². The number of aldehydes is 2. The van der Waals surface area contributed by atoms with Gasteiger partial charge in [0, 0.05) is 0 Å². The van der Waals surface area contributed by atoms with Crippen LogP contribution in [0.2, 0.25) is 0 Å². The fourth-order valence-electron chi connectivity index (χ4n) is 0.465. The fraction of sp³-hybridized carbons (Fsp3) is 0. The van der Waals surface area contributed by atoms with Crippen LogP contribution in [-0.2, 0) is 0 Å². The maximum atomic E-state index is 10.5. The Kier molecular flexibility index (Phi) is 2.08. The summed E-state index contributed by atoms with van der Waals surface area (Å²) in [5.41, 5.74) is 0. The summed E-state index contributed by atoms with van der Waals surface area (Å²) < 4.78 is -0.218. The molecule has 0 spiro atoms. The first-order valence-electron chi connectivity index (χ1n) is 2.32. The normalized spacial score (nSPS) is 9.20. The van der Waals surface area contributed by atoms with E-state index in [1.54, 1.807) is 0 Å². The Morgan fingerprint density at radius 3 is 1.70 bits per heavy atom. The minimum Gasteiger partial charge on any atom is -0.297 e. The summed E-state index contributed by atoms with van der Waals surface area (Å²) in [4.78, 5) is 31.2. The van der Waals surface area contributed by atoms with Crippen LogP contribution in [0.1, 0.15) is 19.3 Å². The van der Waals surface area contributed by atoms with Crippen LogP contribution >= 0.6 is 22.7 Å². The molecule has 1 aromatic rings. The SMILES string of the molecule is O=Cc1sc(=O)sc1C=O. The Morgan fingerprint density at radius 2 is 1.40 bits per heavy atom. The summed E-state index contributed by atoms with van der Waals surface area (Å²) in [6, 6.07) is 0. The van der Waals surface area contributed by atoms with Crippen molar-refractivity contribution in [2.24, 2.45) is 0 Å². The average molecular weight is 174 g/mol. The van der Waals surface area contributed by atoms with Crippen LogP contribution in [-0.4, -0.2) is 12.6 Å². The fourth-order valence-corrected chi connectivity index (χ4v) is 2.17. The van der Waals surface area contributed by atoms with E-state index in [1.807, 2.05) is 0 Å². The molecule has 1 rings (SSSR count). The molecule has 0 unspecified atom stereocenters. The van der Waals surface area contributed by atoms with Crippen LogP contribution in [0.4, 0.5) is 0 Å². The molecule has 0 atom stereocenters. The van der Waals surface area contributed by atoms with E-state index in [4.69, 9.17) is 0 Å². The Bertz CT molecular complexity index is 280. The minimum absolute atomic E-state index is 0.218. The van der Waals surface area contributed by atoms with Gasteiger partial charge in [0.05, 0.1) is 9.75 Å². The zero-order valence-corrected chi connectivity index (χ0v) is 6.33. The largest absolute Gasteiger partial charge is 0.297 e. The number of rotatable bonds is 2. The number of hydrogen-bond donors (Lipinski definition) is 0. The molecule has 5 heteroatoms. The minimum atomic E-state index is -0.218. The maximum absolute atomic E-state index is 10.5. The van der Waals surface area contributed by atoms with Crippen molar-refractivity contribution in [1.82, 2.24) is 0 Å². The molecule has 0 aromatic carbocycles. The highest BCUT2D eigenvalue weighted by atomic mass is 32.2. The second-order valence-corrected chi connectivity index (χ2v) is 3.71. The third kappa shape index (κ3) is 1.19. The van der Waals surface area contributed by atoms with E-state index in [9.17, 15) is 14.4 Å². The third-order valence-electron chi connectivity index (χ3n) is 0.844. The first-order valence-corrected chi connectivity index (χ1v) is 3.95. The molecule has 1 heterocycles. The van der Waals surface area contributed by atoms with Gasteiger partial charge in [0.2, 0.25) is 0 Å². The molecule has 1 aromatic heterocycles. The van der Waals surface area contributed by atoms with Gasteiger partial charge in [-0.15, -0.1) is 0 Å². The highest BCUT2D eigenvalue weighted by Crippen LogP contribution is 2.11. The molecule has 0 aliphatic rings. The lowest BCUT2D eigenvalue weighted by Gasteiger charge is -1.76. The van der Waals surface area contributed by atoms with Crippen molar-refractivity contribution in [3.8, 4) is 0 Å². The molecular formula is C5H2O3S2. The van der Waals surface area contributed by atoms with E-state index in [0.717, 1.165) is 22.7 Å². The molecular weight excluding hydrogens is 172 g/mol. The lowest BCUT2D eigenvalue weighted by Crippen LogP contribution is -1.77. The molecule has 0 saturated carbocycles. The average Bonchev–Trinajstić information content (AvgIpc) is 2.30. The van der Waals surface area contributed by atoms with Crippen LogP contribution in [0.5, 0.6) is 0 Å². The van der Waals surface area contributed by atoms with Gasteiger partial charge in [-0.05, 0) is 0 Å². The highest BCUT2D eigenvalue weighted by molar-refractivity contribution is 7.29. The smallest absolute Gasteiger partial charge is 0.288 e. The lowest BCUT2D eigenvalue weighted by molar-refractivity contribution is 0.110. The summed E-state index contributed by atoms with van der Waals surface area (Å²) in [5, 5.41) is 0. The Labute approximate surface area is 63.9 Å². The van der Waals surface area contributed by atoms with Gasteiger partial charge >= 0.3 is 0 Å². The van der Waals surface area contributed by atoms with Gasteiger partial charge < -0.3 is 0 Å². The summed E-state index contributed by atoms with van der Waals surface area (Å²) in [6.07, 6.45) is 1.04. The van der Waals surface area contributed by atoms with Crippen LogP contribution < -0.4 is 4.06 Å². The summed E-state index contributed by atoms with van der Waals surface area (Å²) in [7, 11) is 0. The highest BCUT2D eigenvalue weighted by Gasteiger charge is 2.05. The second-order valence-electron chi connectivity index (χ2n) is 1.42. The van der Waals surface area contributed by atoms with Crippen LogP contribution in [0.15, 0.2) is 4.79 Å². The standard InChI is InChI=1S/C5H2O3S2/c6-1-3-4(2-7)10-5(8)9-3/h1-2H. The summed E-state index contributed by atoms with van der Waals surface area (Å²) in [6.45, 7) is 0. The number of carbonyl (C=O) groups is 2. The molecule has 0 bridgehead atoms. The molecule has 3 nitrogen and oxygen atoms in total. The molecule has 0 aliphatic carbocycles. The Morgan fingerprint density at radius 1 is 1.00 bits per heavy atom. The molecule has 10 heavy (non-hydrogen) atoms. The molecule has 0 radical (unpaired) electrons. The van der Waals surface area contributed by atoms with Crippen molar-refractivity contribution in [3.63, 3.8) is 0 Å². The van der Waals surface area contributed by atoms with Gasteiger partial charge in [-0.1, -0.05) is 22.7 Å². The third-order valence-corrected chi connectivity index (χ3v) is 2.88. The Hall–Kier alpha value is -0.810. The van der Waals surface area contributed by atoms with Crippen molar-refractivity contribution >= 4 is 35.2 Å². The van der Waals surface area contributed by atoms with Crippen molar-refractivity contribution in [3.05, 3.63) is 18.6 Å². The van der Waals surface area contributed by atoms with Crippen molar-refractivity contribution in [2.45, 2.75) is 0 Å². The monoisotopic (exact) mass is 174 g/mol. The topological polar surface area (TPSA) is 51.2 Å². The van der Waals surface area contributed by atoms with Crippen molar-refractivity contribution in [2.75, 3.05) is 0 Å². The van der Waals surface area contributed by atoms with E-state index in [2.05, 4.69) is 0 Å². The zero-order chi connectivity index (χ0) is 7.56. The molecule has 52 valence electrons. The van der Waals surface area contributed by atoms with Gasteiger partial charge in [0.15, 0.2) is 12.6 Å². The molecule has 0 aliphatic heterocycles. The van der Waals surface area contributed by atoms with Crippen molar-refractivity contribution < 1.29 is 9.59 Å². The zero-order valence-electron chi connectivity index (χ0n) is 4.70. The Balaban J connectivity index is 3.33. The van der Waals surface area contributed by atoms with Gasteiger partial charge in [-0.2, -0.15) is 0 Å². The van der Waals surface area contributed by atoms with Gasteiger partial charge in [-0.3, -0.25) is 14.4 Å². The maximum Gasteiger partial charge on any atom is 0.288 e. The predicted octanol–water partition coefficient (Wildman–Crippen LogP) is 0.795. The van der Waals surface area contributed by atoms with E-state index in [-0.39, 0.29) is 13.8 Å². The lowest BCUT2D eigenvalue weighted by atomic mass is 10.5. The van der Waals surface area contributed by atoms with Crippen LogP contribution in [0.25, 0.3) is 0 Å². The number of carbonyl (C=O) groups excluding carboxylic acids is 2. The first-order chi connectivity index (χ1) is 4.77. The van der Waals surface area contributed by atoms with Crippen LogP contribution in [0.3, 0.4) is 0 Å². The van der Waals surface area contributed by atoms with E-state index < -0.39 is 0 Å². The second kappa shape index (κ2) is 2.85. The van der Waals surface area contributed by atoms with Crippen molar-refractivity contribution in [1.29, 1.82) is 0 Å². The van der Waals surface area contributed by atoms with E-state index in [0.29, 0.717) is 12.6 Å². The molecule has 0 saturated heterocycles. The first kappa shape index (κ1) is 7.30. The molecule has 0 amide bonds. The quantitative estimate of drug-likeness (QED) is 0.623. The van der Waals surface area contributed by atoms with Gasteiger partial charge in [-0.25, -0.2) is 0 Å². The van der Waals surface area contributed by atoms with Gasteiger partial charge in [0.1, 0.15) is 0 Å². The number of hydrogen-bond acceptors (Lipinski definition) is 5. The van der Waals surface area contributed by atoms with E-state index in [1.165, 1.54) is 0 Å². The molecule has 0 N–H and O–H groups in total. The summed E-state index contributed by atoms with van der Waals surface area (Å²) >= 11 is 1.61. The van der Waals surface area contributed by atoms with E-state index >= 15 is 0 Å². The van der Waals surface area contributed by atoms with Gasteiger partial charge in [0.25, 0.3) is 4.06 Å². The summed E-state index contributed by atoms with van der Waals surface area (Å²) in [5.74, 6) is 0. The predicted molar refractivity (Wildman–Crippen MR) is 39.2 cm³/mol. The molecule has 0 fully saturated rings.